The SMILES string of the molecule is CC(C)Cc1cn(CCOCC2CCC(COCCn3cc(CC(C)C)nn3)CC2)nn1. The first-order valence-electron chi connectivity index (χ1n) is 12.4. The van der Waals surface area contributed by atoms with E-state index in [2.05, 4.69) is 48.3 Å². The van der Waals surface area contributed by atoms with Gasteiger partial charge in [0.15, 0.2) is 0 Å². The second kappa shape index (κ2) is 13.0. The Morgan fingerprint density at radius 2 is 1.16 bits per heavy atom. The maximum atomic E-state index is 5.94. The number of aromatic nitrogens is 6. The molecule has 1 aliphatic rings. The Kier molecular flexibility index (Phi) is 10.1. The number of hydrogen-bond acceptors (Lipinski definition) is 6. The fourth-order valence-corrected chi connectivity index (χ4v) is 4.30. The minimum absolute atomic E-state index is 0.605. The zero-order valence-corrected chi connectivity index (χ0v) is 20.4. The molecule has 1 fully saturated rings. The van der Waals surface area contributed by atoms with Crippen LogP contribution in [0.15, 0.2) is 12.4 Å². The monoisotopic (exact) mass is 446 g/mol. The second-order valence-electron chi connectivity index (χ2n) is 10.2. The summed E-state index contributed by atoms with van der Waals surface area (Å²) in [4.78, 5) is 0. The van der Waals surface area contributed by atoms with Crippen molar-refractivity contribution >= 4 is 0 Å². The lowest BCUT2D eigenvalue weighted by molar-refractivity contribution is 0.0443. The highest BCUT2D eigenvalue weighted by Gasteiger charge is 2.21. The Balaban J connectivity index is 1.20. The van der Waals surface area contributed by atoms with Gasteiger partial charge in [0.2, 0.25) is 0 Å². The molecule has 8 heteroatoms. The molecule has 180 valence electrons. The Bertz CT molecular complexity index is 700. The van der Waals surface area contributed by atoms with Crippen LogP contribution in [0.5, 0.6) is 0 Å². The van der Waals surface area contributed by atoms with Crippen LogP contribution >= 0.6 is 0 Å². The van der Waals surface area contributed by atoms with Gasteiger partial charge in [0.25, 0.3) is 0 Å². The van der Waals surface area contributed by atoms with E-state index in [0.29, 0.717) is 36.9 Å². The summed E-state index contributed by atoms with van der Waals surface area (Å²) in [5.74, 6) is 2.56. The molecular formula is C24H42N6O2. The standard InChI is InChI=1S/C24H42N6O2/c1-19(2)13-23-15-29(27-25-23)9-11-31-17-21-5-7-22(8-6-21)18-32-12-10-30-16-24(26-28-30)14-20(3)4/h15-16,19-22H,5-14,17-18H2,1-4H3. The number of nitrogens with zero attached hydrogens (tertiary/aromatic N) is 6. The average Bonchev–Trinajstić information content (AvgIpc) is 3.38. The molecule has 0 spiro atoms. The summed E-state index contributed by atoms with van der Waals surface area (Å²) >= 11 is 0. The maximum Gasteiger partial charge on any atom is 0.0829 e. The highest BCUT2D eigenvalue weighted by molar-refractivity contribution is 4.93. The largest absolute Gasteiger partial charge is 0.379 e. The van der Waals surface area contributed by atoms with E-state index in [0.717, 1.165) is 50.5 Å². The first-order valence-corrected chi connectivity index (χ1v) is 12.4. The summed E-state index contributed by atoms with van der Waals surface area (Å²) in [5.41, 5.74) is 2.13. The molecule has 0 aromatic carbocycles. The van der Waals surface area contributed by atoms with E-state index in [1.54, 1.807) is 0 Å². The van der Waals surface area contributed by atoms with Crippen molar-refractivity contribution in [2.45, 2.75) is 79.3 Å². The summed E-state index contributed by atoms with van der Waals surface area (Å²) in [6.07, 6.45) is 11.0. The van der Waals surface area contributed by atoms with Gasteiger partial charge in [-0.25, -0.2) is 9.36 Å². The summed E-state index contributed by atoms with van der Waals surface area (Å²) in [7, 11) is 0. The molecule has 0 saturated heterocycles. The number of rotatable bonds is 14. The summed E-state index contributed by atoms with van der Waals surface area (Å²) in [5, 5.41) is 16.8. The Hall–Kier alpha value is -1.80. The topological polar surface area (TPSA) is 79.9 Å². The molecule has 0 atom stereocenters. The third kappa shape index (κ3) is 8.98. The molecule has 1 aliphatic carbocycles. The molecule has 1 saturated carbocycles. The van der Waals surface area contributed by atoms with E-state index in [-0.39, 0.29) is 0 Å². The van der Waals surface area contributed by atoms with Crippen LogP contribution in [-0.2, 0) is 35.4 Å². The van der Waals surface area contributed by atoms with Crippen molar-refractivity contribution in [3.63, 3.8) is 0 Å². The Labute approximate surface area is 193 Å². The minimum Gasteiger partial charge on any atom is -0.379 e. The van der Waals surface area contributed by atoms with Crippen molar-refractivity contribution < 1.29 is 9.47 Å². The van der Waals surface area contributed by atoms with E-state index in [1.165, 1.54) is 25.7 Å². The Morgan fingerprint density at radius 3 is 1.53 bits per heavy atom. The zero-order valence-electron chi connectivity index (χ0n) is 20.4. The van der Waals surface area contributed by atoms with Crippen molar-refractivity contribution in [1.82, 2.24) is 30.0 Å². The van der Waals surface area contributed by atoms with Gasteiger partial charge in [-0.2, -0.15) is 0 Å². The van der Waals surface area contributed by atoms with Crippen LogP contribution in [0.1, 0.15) is 64.8 Å². The van der Waals surface area contributed by atoms with Gasteiger partial charge in [-0.05, 0) is 62.2 Å². The maximum absolute atomic E-state index is 5.94. The lowest BCUT2D eigenvalue weighted by Gasteiger charge is -2.28. The van der Waals surface area contributed by atoms with Crippen LogP contribution in [0.2, 0.25) is 0 Å². The van der Waals surface area contributed by atoms with Crippen molar-refractivity contribution in [2.75, 3.05) is 26.4 Å². The quantitative estimate of drug-likeness (QED) is 0.411. The number of ether oxygens (including phenoxy) is 2. The van der Waals surface area contributed by atoms with Crippen molar-refractivity contribution in [3.05, 3.63) is 23.8 Å². The molecule has 0 N–H and O–H groups in total. The molecule has 0 bridgehead atoms. The predicted molar refractivity (Wildman–Crippen MR) is 124 cm³/mol. The van der Waals surface area contributed by atoms with Gasteiger partial charge >= 0.3 is 0 Å². The van der Waals surface area contributed by atoms with Gasteiger partial charge in [0, 0.05) is 25.6 Å². The highest BCUT2D eigenvalue weighted by Crippen LogP contribution is 2.29. The van der Waals surface area contributed by atoms with Gasteiger partial charge < -0.3 is 9.47 Å². The van der Waals surface area contributed by atoms with Crippen LogP contribution in [0.3, 0.4) is 0 Å². The van der Waals surface area contributed by atoms with Crippen LogP contribution < -0.4 is 0 Å². The molecule has 2 heterocycles. The zero-order chi connectivity index (χ0) is 22.8. The van der Waals surface area contributed by atoms with Crippen molar-refractivity contribution in [3.8, 4) is 0 Å². The molecule has 2 aromatic rings. The third-order valence-electron chi connectivity index (χ3n) is 6.01. The molecule has 32 heavy (non-hydrogen) atoms. The highest BCUT2D eigenvalue weighted by atomic mass is 16.5. The van der Waals surface area contributed by atoms with Gasteiger partial charge in [-0.1, -0.05) is 38.1 Å². The van der Waals surface area contributed by atoms with Crippen LogP contribution in [0.25, 0.3) is 0 Å². The summed E-state index contributed by atoms with van der Waals surface area (Å²) in [6, 6.07) is 0. The first kappa shape index (κ1) is 24.8. The van der Waals surface area contributed by atoms with Crippen molar-refractivity contribution in [1.29, 1.82) is 0 Å². The van der Waals surface area contributed by atoms with Crippen LogP contribution in [-0.4, -0.2) is 56.4 Å². The molecule has 0 radical (unpaired) electrons. The lowest BCUT2D eigenvalue weighted by atomic mass is 9.83. The summed E-state index contributed by atoms with van der Waals surface area (Å²) in [6.45, 7) is 13.5. The molecule has 0 amide bonds. The van der Waals surface area contributed by atoms with Crippen LogP contribution in [0, 0.1) is 23.7 Å². The normalized spacial score (nSPS) is 19.3. The van der Waals surface area contributed by atoms with E-state index >= 15 is 0 Å². The molecule has 0 unspecified atom stereocenters. The van der Waals surface area contributed by atoms with E-state index in [4.69, 9.17) is 9.47 Å². The Morgan fingerprint density at radius 1 is 0.750 bits per heavy atom. The lowest BCUT2D eigenvalue weighted by Crippen LogP contribution is -2.23. The molecule has 2 aromatic heterocycles. The summed E-state index contributed by atoms with van der Waals surface area (Å²) < 4.78 is 15.7. The predicted octanol–water partition coefficient (Wildman–Crippen LogP) is 3.81. The van der Waals surface area contributed by atoms with Crippen LogP contribution in [0.4, 0.5) is 0 Å². The van der Waals surface area contributed by atoms with Gasteiger partial charge in [-0.3, -0.25) is 0 Å². The molecule has 8 nitrogen and oxygen atoms in total. The fraction of sp³-hybridized carbons (Fsp3) is 0.833. The smallest absolute Gasteiger partial charge is 0.0829 e. The molecule has 3 rings (SSSR count). The molecule has 0 aliphatic heterocycles. The first-order chi connectivity index (χ1) is 15.5. The second-order valence-corrected chi connectivity index (χ2v) is 10.2. The van der Waals surface area contributed by atoms with E-state index < -0.39 is 0 Å². The van der Waals surface area contributed by atoms with E-state index in [9.17, 15) is 0 Å². The average molecular weight is 447 g/mol. The van der Waals surface area contributed by atoms with Crippen molar-refractivity contribution in [2.24, 2.45) is 23.7 Å². The molecular weight excluding hydrogens is 404 g/mol. The fourth-order valence-electron chi connectivity index (χ4n) is 4.30. The van der Waals surface area contributed by atoms with E-state index in [1.807, 2.05) is 21.8 Å². The third-order valence-corrected chi connectivity index (χ3v) is 6.01. The van der Waals surface area contributed by atoms with Gasteiger partial charge in [0.05, 0.1) is 37.7 Å². The number of hydrogen-bond donors (Lipinski definition) is 0. The minimum atomic E-state index is 0.605. The van der Waals surface area contributed by atoms with Gasteiger partial charge in [0.1, 0.15) is 0 Å². The van der Waals surface area contributed by atoms with Gasteiger partial charge in [-0.15, -0.1) is 10.2 Å².